The van der Waals surface area contributed by atoms with Crippen molar-refractivity contribution in [3.63, 3.8) is 0 Å². The Bertz CT molecular complexity index is 1760. The first-order valence-electron chi connectivity index (χ1n) is 13.9. The van der Waals surface area contributed by atoms with Gasteiger partial charge in [-0.3, -0.25) is 4.79 Å². The zero-order valence-corrected chi connectivity index (χ0v) is 26.0. The van der Waals surface area contributed by atoms with Gasteiger partial charge in [0.2, 0.25) is 5.91 Å². The molecule has 1 saturated heterocycles. The van der Waals surface area contributed by atoms with Gasteiger partial charge in [-0.25, -0.2) is 14.4 Å². The quantitative estimate of drug-likeness (QED) is 0.394. The molecule has 43 heavy (non-hydrogen) atoms. The van der Waals surface area contributed by atoms with Gasteiger partial charge >= 0.3 is 10.2 Å². The number of halogens is 2. The Morgan fingerprint density at radius 3 is 2.56 bits per heavy atom. The second-order valence-corrected chi connectivity index (χ2v) is 12.6. The van der Waals surface area contributed by atoms with Crippen LogP contribution >= 0.6 is 11.6 Å². The third-order valence-corrected chi connectivity index (χ3v) is 9.14. The molecule has 2 N–H and O–H groups in total. The minimum absolute atomic E-state index is 0.0177. The van der Waals surface area contributed by atoms with E-state index in [-0.39, 0.29) is 57.4 Å². The van der Waals surface area contributed by atoms with Gasteiger partial charge in [0, 0.05) is 30.7 Å². The van der Waals surface area contributed by atoms with Crippen molar-refractivity contribution in [2.45, 2.75) is 52.6 Å². The first-order chi connectivity index (χ1) is 20.4. The summed E-state index contributed by atoms with van der Waals surface area (Å²) < 4.78 is 48.8. The maximum atomic E-state index is 15.0. The number of rotatable bonds is 5. The number of nitrogen functional groups attached to an aromatic ring is 1. The molecule has 2 aromatic heterocycles. The van der Waals surface area contributed by atoms with Crippen LogP contribution in [0.5, 0.6) is 0 Å². The lowest BCUT2D eigenvalue weighted by molar-refractivity contribution is -0.130. The van der Waals surface area contributed by atoms with Crippen LogP contribution in [0, 0.1) is 12.7 Å². The van der Waals surface area contributed by atoms with Crippen LogP contribution < -0.4 is 10.0 Å². The Labute approximate surface area is 255 Å². The molecule has 226 valence electrons. The van der Waals surface area contributed by atoms with Gasteiger partial charge in [0.05, 0.1) is 27.7 Å². The average Bonchev–Trinajstić information content (AvgIpc) is 2.94. The number of nitrogens with zero attached hydrogens (tertiary/aromatic N) is 6. The van der Waals surface area contributed by atoms with Gasteiger partial charge in [0.15, 0.2) is 11.7 Å². The Hall–Kier alpha value is -4.03. The normalized spacial score (nSPS) is 19.6. The van der Waals surface area contributed by atoms with Crippen molar-refractivity contribution in [3.05, 3.63) is 76.7 Å². The molecule has 0 saturated carbocycles. The Morgan fingerprint density at radius 1 is 1.16 bits per heavy atom. The molecule has 0 radical (unpaired) electrons. The monoisotopic (exact) mass is 625 g/mol. The standard InChI is InChI=1S/C30H33ClFN7O3S/c1-6-10-24-28(17(3)13-25(33)34-24)39-29-21(14-22(31)27(35-29)20-11-8-9-12-23(20)32)30(36-43(39,41)42)38-16-18(4)37(15-19(38)5)26(40)7-2/h7-9,11-14,18-19H,2,6,10,15-16H2,1,3-5H3,(H2,33,34)/t18-,19+/m1/s1. The highest BCUT2D eigenvalue weighted by atomic mass is 35.5. The van der Waals surface area contributed by atoms with Crippen LogP contribution in [-0.4, -0.2) is 65.1 Å². The first kappa shape index (κ1) is 30.4. The van der Waals surface area contributed by atoms with Crippen LogP contribution in [-0.2, 0) is 21.4 Å². The van der Waals surface area contributed by atoms with E-state index in [1.807, 2.05) is 25.7 Å². The van der Waals surface area contributed by atoms with E-state index in [0.29, 0.717) is 42.8 Å². The third kappa shape index (κ3) is 5.45. The van der Waals surface area contributed by atoms with Crippen molar-refractivity contribution in [2.75, 3.05) is 23.1 Å². The highest BCUT2D eigenvalue weighted by Gasteiger charge is 2.42. The van der Waals surface area contributed by atoms with E-state index in [1.165, 1.54) is 18.2 Å². The van der Waals surface area contributed by atoms with Gasteiger partial charge < -0.3 is 15.5 Å². The van der Waals surface area contributed by atoms with Gasteiger partial charge in [0.25, 0.3) is 0 Å². The van der Waals surface area contributed by atoms with Crippen LogP contribution in [0.2, 0.25) is 5.02 Å². The largest absolute Gasteiger partial charge is 0.384 e. The second-order valence-electron chi connectivity index (χ2n) is 10.8. The predicted octanol–water partition coefficient (Wildman–Crippen LogP) is 5.03. The SMILES string of the molecule is C=CC(=O)N1C[C@H](C)N(C2=NS(=O)(=O)N(c3c(C)cc(N)nc3CCC)c3nc(-c4ccccc4F)c(Cl)cc32)C[C@H]1C. The van der Waals surface area contributed by atoms with Crippen molar-refractivity contribution < 1.29 is 17.6 Å². The number of hydrogen-bond acceptors (Lipinski definition) is 7. The van der Waals surface area contributed by atoms with E-state index < -0.39 is 16.0 Å². The maximum Gasteiger partial charge on any atom is 0.352 e. The van der Waals surface area contributed by atoms with Gasteiger partial charge in [-0.1, -0.05) is 43.7 Å². The number of pyridine rings is 2. The summed E-state index contributed by atoms with van der Waals surface area (Å²) in [4.78, 5) is 25.2. The van der Waals surface area contributed by atoms with E-state index in [1.54, 1.807) is 36.1 Å². The average molecular weight is 626 g/mol. The van der Waals surface area contributed by atoms with Crippen LogP contribution in [0.25, 0.3) is 11.3 Å². The molecule has 13 heteroatoms. The lowest BCUT2D eigenvalue weighted by Gasteiger charge is -2.46. The Morgan fingerprint density at radius 2 is 1.88 bits per heavy atom. The lowest BCUT2D eigenvalue weighted by atomic mass is 10.0. The number of benzene rings is 1. The molecule has 2 aliphatic rings. The molecule has 0 bridgehead atoms. The van der Waals surface area contributed by atoms with Gasteiger partial charge in [-0.15, -0.1) is 4.40 Å². The third-order valence-electron chi connectivity index (χ3n) is 7.63. The summed E-state index contributed by atoms with van der Waals surface area (Å²) in [7, 11) is -4.46. The van der Waals surface area contributed by atoms with Gasteiger partial charge in [-0.2, -0.15) is 12.7 Å². The van der Waals surface area contributed by atoms with Crippen LogP contribution in [0.3, 0.4) is 0 Å². The smallest absolute Gasteiger partial charge is 0.352 e. The number of carbonyl (C=O) groups is 1. The molecule has 1 amide bonds. The van der Waals surface area contributed by atoms with Crippen molar-refractivity contribution in [3.8, 4) is 11.3 Å². The molecule has 1 fully saturated rings. The number of fused-ring (bicyclic) bond motifs is 1. The fourth-order valence-corrected chi connectivity index (χ4v) is 7.27. The maximum absolute atomic E-state index is 15.0. The van der Waals surface area contributed by atoms with Gasteiger partial charge in [0.1, 0.15) is 11.6 Å². The molecule has 5 rings (SSSR count). The first-order valence-corrected chi connectivity index (χ1v) is 15.7. The molecule has 0 unspecified atom stereocenters. The molecule has 2 aliphatic heterocycles. The van der Waals surface area contributed by atoms with E-state index >= 15 is 0 Å². The van der Waals surface area contributed by atoms with E-state index in [2.05, 4.69) is 16.0 Å². The van der Waals surface area contributed by atoms with Crippen molar-refractivity contribution in [1.82, 2.24) is 19.8 Å². The van der Waals surface area contributed by atoms with Crippen molar-refractivity contribution in [1.29, 1.82) is 0 Å². The fourth-order valence-electron chi connectivity index (χ4n) is 5.67. The summed E-state index contributed by atoms with van der Waals surface area (Å²) in [6.45, 7) is 11.7. The Balaban J connectivity index is 1.77. The van der Waals surface area contributed by atoms with Crippen molar-refractivity contribution in [2.24, 2.45) is 4.40 Å². The molecular formula is C30H33ClFN7O3S. The molecule has 1 aromatic carbocycles. The number of aromatic nitrogens is 2. The number of carbonyl (C=O) groups excluding carboxylic acids is 1. The number of amidine groups is 1. The zero-order valence-electron chi connectivity index (χ0n) is 24.4. The predicted molar refractivity (Wildman–Crippen MR) is 167 cm³/mol. The summed E-state index contributed by atoms with van der Waals surface area (Å²) in [5, 5.41) is 0.123. The number of piperazine rings is 1. The summed E-state index contributed by atoms with van der Waals surface area (Å²) in [5.74, 6) is -0.349. The number of amides is 1. The lowest BCUT2D eigenvalue weighted by Crippen LogP contribution is -2.60. The topological polar surface area (TPSA) is 125 Å². The van der Waals surface area contributed by atoms with Crippen LogP contribution in [0.4, 0.5) is 21.7 Å². The molecule has 3 aromatic rings. The molecule has 2 atom stereocenters. The van der Waals surface area contributed by atoms with E-state index in [9.17, 15) is 17.6 Å². The number of nitrogens with two attached hydrogens (primary N) is 1. The number of aryl methyl sites for hydroxylation is 2. The van der Waals surface area contributed by atoms with Gasteiger partial charge in [-0.05, 0) is 63.1 Å². The number of hydrogen-bond donors (Lipinski definition) is 1. The minimum atomic E-state index is -4.46. The zero-order chi connectivity index (χ0) is 31.2. The summed E-state index contributed by atoms with van der Waals surface area (Å²) in [5.41, 5.74) is 7.93. The van der Waals surface area contributed by atoms with Crippen LogP contribution in [0.15, 0.2) is 53.5 Å². The summed E-state index contributed by atoms with van der Waals surface area (Å²) >= 11 is 6.75. The van der Waals surface area contributed by atoms with Crippen LogP contribution in [0.1, 0.15) is 44.0 Å². The highest BCUT2D eigenvalue weighted by molar-refractivity contribution is 7.92. The minimum Gasteiger partial charge on any atom is -0.384 e. The molecule has 4 heterocycles. The molecule has 0 aliphatic carbocycles. The molecular weight excluding hydrogens is 593 g/mol. The second kappa shape index (κ2) is 11.6. The fraction of sp³-hybridized carbons (Fsp3) is 0.333. The Kier molecular flexibility index (Phi) is 8.19. The molecule has 0 spiro atoms. The molecule has 10 nitrogen and oxygen atoms in total. The van der Waals surface area contributed by atoms with E-state index in [0.717, 1.165) is 4.31 Å². The van der Waals surface area contributed by atoms with E-state index in [4.69, 9.17) is 22.3 Å². The summed E-state index contributed by atoms with van der Waals surface area (Å²) in [6, 6.07) is 8.60. The summed E-state index contributed by atoms with van der Waals surface area (Å²) in [6.07, 6.45) is 2.38. The number of anilines is 3. The van der Waals surface area contributed by atoms with Crippen molar-refractivity contribution >= 4 is 50.9 Å². The highest BCUT2D eigenvalue weighted by Crippen LogP contribution is 2.43.